The third kappa shape index (κ3) is 3.31. The number of nitrogens with zero attached hydrogens (tertiary/aromatic N) is 1. The fourth-order valence-corrected chi connectivity index (χ4v) is 2.93. The number of H-pyrrole nitrogens is 1. The Labute approximate surface area is 152 Å². The van der Waals surface area contributed by atoms with Crippen molar-refractivity contribution in [1.82, 2.24) is 9.55 Å². The first-order valence-electron chi connectivity index (χ1n) is 7.38. The van der Waals surface area contributed by atoms with E-state index in [1.807, 2.05) is 0 Å². The highest BCUT2D eigenvalue weighted by atomic mass is 35.5. The Hall–Kier alpha value is -2.57. The zero-order chi connectivity index (χ0) is 18.1. The summed E-state index contributed by atoms with van der Waals surface area (Å²) in [5.41, 5.74) is -0.437. The average Bonchev–Trinajstić information content (AvgIpc) is 2.57. The van der Waals surface area contributed by atoms with Crippen LogP contribution in [0.15, 0.2) is 52.1 Å². The van der Waals surface area contributed by atoms with Gasteiger partial charge in [0.25, 0.3) is 5.56 Å². The van der Waals surface area contributed by atoms with Gasteiger partial charge in [-0.05, 0) is 37.3 Å². The molecule has 0 bridgehead atoms. The van der Waals surface area contributed by atoms with Crippen LogP contribution in [-0.4, -0.2) is 15.5 Å². The molecular formula is C17H13Cl2N3O3. The van der Waals surface area contributed by atoms with E-state index in [4.69, 9.17) is 23.2 Å². The fraction of sp³-hybridized carbons (Fsp3) is 0.118. The molecule has 0 aliphatic rings. The zero-order valence-corrected chi connectivity index (χ0v) is 14.6. The molecule has 1 atom stereocenters. The van der Waals surface area contributed by atoms with Crippen LogP contribution in [0.1, 0.15) is 13.0 Å². The Kier molecular flexibility index (Phi) is 4.65. The van der Waals surface area contributed by atoms with Gasteiger partial charge in [0.05, 0.1) is 21.6 Å². The van der Waals surface area contributed by atoms with E-state index in [1.165, 1.54) is 13.0 Å². The van der Waals surface area contributed by atoms with Gasteiger partial charge in [-0.2, -0.15) is 0 Å². The maximum absolute atomic E-state index is 12.6. The van der Waals surface area contributed by atoms with E-state index < -0.39 is 23.2 Å². The van der Waals surface area contributed by atoms with E-state index >= 15 is 0 Å². The number of benzene rings is 2. The van der Waals surface area contributed by atoms with Crippen molar-refractivity contribution in [2.75, 3.05) is 5.32 Å². The highest BCUT2D eigenvalue weighted by Gasteiger charge is 2.21. The monoisotopic (exact) mass is 377 g/mol. The number of fused-ring (bicyclic) bond motifs is 1. The maximum atomic E-state index is 12.6. The number of amides is 1. The number of para-hydroxylation sites is 1. The topological polar surface area (TPSA) is 84.0 Å². The molecule has 8 heteroatoms. The van der Waals surface area contributed by atoms with Gasteiger partial charge in [0, 0.05) is 5.02 Å². The minimum absolute atomic E-state index is 0.257. The first kappa shape index (κ1) is 17.3. The summed E-state index contributed by atoms with van der Waals surface area (Å²) in [6.07, 6.45) is 0. The Morgan fingerprint density at radius 3 is 2.60 bits per heavy atom. The van der Waals surface area contributed by atoms with E-state index in [1.54, 1.807) is 36.4 Å². The van der Waals surface area contributed by atoms with E-state index in [0.717, 1.165) is 4.57 Å². The number of rotatable bonds is 3. The summed E-state index contributed by atoms with van der Waals surface area (Å²) in [5.74, 6) is -0.549. The predicted molar refractivity (Wildman–Crippen MR) is 98.6 cm³/mol. The molecule has 128 valence electrons. The van der Waals surface area contributed by atoms with E-state index in [0.29, 0.717) is 21.6 Å². The van der Waals surface area contributed by atoms with Crippen LogP contribution in [0.3, 0.4) is 0 Å². The maximum Gasteiger partial charge on any atom is 0.329 e. The molecule has 1 heterocycles. The molecule has 3 rings (SSSR count). The molecule has 0 spiro atoms. The summed E-state index contributed by atoms with van der Waals surface area (Å²) in [6, 6.07) is 10.2. The lowest BCUT2D eigenvalue weighted by molar-refractivity contribution is -0.119. The van der Waals surface area contributed by atoms with Gasteiger partial charge in [-0.3, -0.25) is 9.59 Å². The van der Waals surface area contributed by atoms with Gasteiger partial charge >= 0.3 is 5.69 Å². The lowest BCUT2D eigenvalue weighted by Gasteiger charge is -2.15. The van der Waals surface area contributed by atoms with Crippen molar-refractivity contribution >= 4 is 45.7 Å². The van der Waals surface area contributed by atoms with Crippen LogP contribution in [0.2, 0.25) is 10.0 Å². The average molecular weight is 378 g/mol. The molecule has 1 amide bonds. The molecule has 0 aliphatic carbocycles. The molecule has 1 aromatic heterocycles. The third-order valence-electron chi connectivity index (χ3n) is 3.79. The molecule has 0 radical (unpaired) electrons. The third-order valence-corrected chi connectivity index (χ3v) is 4.34. The number of carbonyl (C=O) groups excluding carboxylic acids is 1. The Bertz CT molecular complexity index is 1090. The van der Waals surface area contributed by atoms with Crippen molar-refractivity contribution in [1.29, 1.82) is 0 Å². The molecule has 2 aromatic carbocycles. The summed E-state index contributed by atoms with van der Waals surface area (Å²) in [6.45, 7) is 1.46. The van der Waals surface area contributed by atoms with Crippen molar-refractivity contribution in [3.05, 3.63) is 73.3 Å². The van der Waals surface area contributed by atoms with Gasteiger partial charge in [0.2, 0.25) is 5.91 Å². The first-order chi connectivity index (χ1) is 11.9. The van der Waals surface area contributed by atoms with Crippen molar-refractivity contribution < 1.29 is 4.79 Å². The molecule has 0 saturated heterocycles. The molecule has 2 N–H and O–H groups in total. The molecule has 25 heavy (non-hydrogen) atoms. The lowest BCUT2D eigenvalue weighted by atomic mass is 10.2. The quantitative estimate of drug-likeness (QED) is 0.734. The van der Waals surface area contributed by atoms with Crippen molar-refractivity contribution in [2.24, 2.45) is 0 Å². The van der Waals surface area contributed by atoms with Crippen LogP contribution in [-0.2, 0) is 4.79 Å². The number of hydrogen-bond donors (Lipinski definition) is 2. The van der Waals surface area contributed by atoms with Crippen molar-refractivity contribution in [3.8, 4) is 0 Å². The van der Waals surface area contributed by atoms with Crippen molar-refractivity contribution in [3.63, 3.8) is 0 Å². The van der Waals surface area contributed by atoms with Crippen LogP contribution >= 0.6 is 23.2 Å². The molecule has 3 aromatic rings. The molecule has 0 unspecified atom stereocenters. The van der Waals surface area contributed by atoms with Gasteiger partial charge in [-0.15, -0.1) is 0 Å². The van der Waals surface area contributed by atoms with E-state index in [9.17, 15) is 14.4 Å². The molecule has 0 aliphatic heterocycles. The Balaban J connectivity index is 1.99. The molecule has 0 saturated carbocycles. The summed E-state index contributed by atoms with van der Waals surface area (Å²) in [4.78, 5) is 39.9. The highest BCUT2D eigenvalue weighted by Crippen LogP contribution is 2.25. The van der Waals surface area contributed by atoms with Gasteiger partial charge in [0.1, 0.15) is 6.04 Å². The number of carbonyl (C=O) groups is 1. The van der Waals surface area contributed by atoms with E-state index in [2.05, 4.69) is 10.3 Å². The summed E-state index contributed by atoms with van der Waals surface area (Å²) in [7, 11) is 0. The number of aromatic amines is 1. The standard InChI is InChI=1S/C17H13Cl2N3O3/c1-9(15(23)20-14-7-6-10(18)8-12(14)19)22-16(24)11-4-2-3-5-13(11)21-17(22)25/h2-9H,1H3,(H,20,23)(H,21,25)/t9-/m0/s1. The number of nitrogens with one attached hydrogen (secondary N) is 2. The van der Waals surface area contributed by atoms with Gasteiger partial charge in [-0.25, -0.2) is 9.36 Å². The Morgan fingerprint density at radius 2 is 1.88 bits per heavy atom. The second-order valence-electron chi connectivity index (χ2n) is 5.44. The van der Waals surface area contributed by atoms with Crippen LogP contribution in [0.5, 0.6) is 0 Å². The van der Waals surface area contributed by atoms with E-state index in [-0.39, 0.29) is 5.02 Å². The lowest BCUT2D eigenvalue weighted by Crippen LogP contribution is -2.41. The fourth-order valence-electron chi connectivity index (χ4n) is 2.47. The van der Waals surface area contributed by atoms with Crippen molar-refractivity contribution in [2.45, 2.75) is 13.0 Å². The first-order valence-corrected chi connectivity index (χ1v) is 8.13. The second-order valence-corrected chi connectivity index (χ2v) is 6.28. The predicted octanol–water partition coefficient (Wildman–Crippen LogP) is 3.20. The van der Waals surface area contributed by atoms with Crippen LogP contribution in [0.4, 0.5) is 5.69 Å². The van der Waals surface area contributed by atoms with Crippen LogP contribution in [0.25, 0.3) is 10.9 Å². The zero-order valence-electron chi connectivity index (χ0n) is 13.0. The summed E-state index contributed by atoms with van der Waals surface area (Å²) in [5, 5.41) is 3.61. The normalized spacial score (nSPS) is 12.1. The number of anilines is 1. The smallest absolute Gasteiger partial charge is 0.323 e. The summed E-state index contributed by atoms with van der Waals surface area (Å²) >= 11 is 11.9. The Morgan fingerprint density at radius 1 is 1.16 bits per heavy atom. The van der Waals surface area contributed by atoms with Gasteiger partial charge in [-0.1, -0.05) is 35.3 Å². The SMILES string of the molecule is C[C@@H](C(=O)Nc1ccc(Cl)cc1Cl)n1c(=O)[nH]c2ccccc2c1=O. The summed E-state index contributed by atoms with van der Waals surface area (Å²) < 4.78 is 0.876. The number of halogens is 2. The molecular weight excluding hydrogens is 365 g/mol. The van der Waals surface area contributed by atoms with Crippen LogP contribution in [0, 0.1) is 0 Å². The van der Waals surface area contributed by atoms with Crippen LogP contribution < -0.4 is 16.6 Å². The van der Waals surface area contributed by atoms with Gasteiger partial charge < -0.3 is 10.3 Å². The largest absolute Gasteiger partial charge is 0.329 e. The minimum atomic E-state index is -1.03. The van der Waals surface area contributed by atoms with Gasteiger partial charge in [0.15, 0.2) is 0 Å². The molecule has 6 nitrogen and oxygen atoms in total. The number of hydrogen-bond acceptors (Lipinski definition) is 3. The molecule has 0 fully saturated rings. The highest BCUT2D eigenvalue weighted by molar-refractivity contribution is 6.36. The number of aromatic nitrogens is 2. The minimum Gasteiger partial charge on any atom is -0.323 e. The second kappa shape index (κ2) is 6.74.